The Bertz CT molecular complexity index is 1030. The van der Waals surface area contributed by atoms with Crippen LogP contribution < -0.4 is 0 Å². The molecule has 0 aliphatic heterocycles. The molecule has 0 saturated carbocycles. The number of imidazole rings is 1. The van der Waals surface area contributed by atoms with Gasteiger partial charge in [0.15, 0.2) is 0 Å². The molecular formula is C19H13Cl2N4SW-. The first-order valence-electron chi connectivity index (χ1n) is 7.71. The molecule has 0 fully saturated rings. The van der Waals surface area contributed by atoms with E-state index in [2.05, 4.69) is 15.0 Å². The number of hydrogen-bond donors (Lipinski definition) is 1. The predicted octanol–water partition coefficient (Wildman–Crippen LogP) is 5.11. The molecule has 0 spiro atoms. The summed E-state index contributed by atoms with van der Waals surface area (Å²) in [6, 6.07) is 11.7. The first kappa shape index (κ1) is 20.2. The summed E-state index contributed by atoms with van der Waals surface area (Å²) >= 11 is 15.1. The minimum absolute atomic E-state index is 0.0740. The fourth-order valence-corrected chi connectivity index (χ4v) is 3.67. The van der Waals surface area contributed by atoms with Gasteiger partial charge in [0.2, 0.25) is 0 Å². The van der Waals surface area contributed by atoms with Gasteiger partial charge in [-0.2, -0.15) is 0 Å². The van der Waals surface area contributed by atoms with E-state index in [9.17, 15) is 0 Å². The molecule has 1 aromatic carbocycles. The molecule has 8 heteroatoms. The number of nitrogens with one attached hydrogen (secondary N) is 1. The van der Waals surface area contributed by atoms with Gasteiger partial charge in [-0.1, -0.05) is 0 Å². The van der Waals surface area contributed by atoms with Gasteiger partial charge >= 0.3 is 183 Å². The molecule has 0 radical (unpaired) electrons. The first-order chi connectivity index (χ1) is 13.0. The quantitative estimate of drug-likeness (QED) is 0.190. The zero-order valence-corrected chi connectivity index (χ0v) is 19.4. The van der Waals surface area contributed by atoms with Gasteiger partial charge in [0, 0.05) is 0 Å². The molecule has 0 aliphatic rings. The van der Waals surface area contributed by atoms with E-state index in [1.807, 2.05) is 42.7 Å². The van der Waals surface area contributed by atoms with Crippen molar-refractivity contribution in [1.29, 1.82) is 0 Å². The van der Waals surface area contributed by atoms with Crippen LogP contribution in [0.25, 0.3) is 28.2 Å². The van der Waals surface area contributed by atoms with Crippen LogP contribution in [0.2, 0.25) is 0 Å². The van der Waals surface area contributed by atoms with Crippen LogP contribution in [0.5, 0.6) is 0 Å². The van der Waals surface area contributed by atoms with E-state index in [-0.39, 0.29) is 5.03 Å². The van der Waals surface area contributed by atoms with Crippen molar-refractivity contribution in [3.8, 4) is 22.6 Å². The second kappa shape index (κ2) is 9.11. The SMILES string of the molecule is [CH-]=C(Cl)/C(=C(/Cl)[CH]=[W])c1nc(-c2ccccc2)c(-c2ccnc(SC)n2)[nH]1. The number of benzene rings is 1. The van der Waals surface area contributed by atoms with Gasteiger partial charge in [0.05, 0.1) is 0 Å². The van der Waals surface area contributed by atoms with Crippen molar-refractivity contribution in [3.05, 3.63) is 65.1 Å². The molecule has 3 rings (SSSR count). The van der Waals surface area contributed by atoms with Crippen molar-refractivity contribution in [1.82, 2.24) is 19.9 Å². The number of H-pyrrole nitrogens is 1. The maximum atomic E-state index is 6.33. The number of aromatic amines is 1. The van der Waals surface area contributed by atoms with Crippen LogP contribution in [0.4, 0.5) is 0 Å². The number of thioether (sulfide) groups is 1. The van der Waals surface area contributed by atoms with Crippen LogP contribution in [-0.4, -0.2) is 30.6 Å². The molecule has 2 heterocycles. The summed E-state index contributed by atoms with van der Waals surface area (Å²) in [5, 5.41) is 1.19. The van der Waals surface area contributed by atoms with Gasteiger partial charge in [-0.25, -0.2) is 0 Å². The fraction of sp³-hybridized carbons (Fsp3) is 0.0526. The van der Waals surface area contributed by atoms with Gasteiger partial charge in [-0.3, -0.25) is 0 Å². The molecule has 2 aromatic heterocycles. The van der Waals surface area contributed by atoms with E-state index in [0.29, 0.717) is 21.6 Å². The molecule has 0 unspecified atom stereocenters. The van der Waals surface area contributed by atoms with Crippen molar-refractivity contribution < 1.29 is 19.4 Å². The number of aromatic nitrogens is 4. The Morgan fingerprint density at radius 3 is 2.56 bits per heavy atom. The number of hydrogen-bond acceptors (Lipinski definition) is 4. The summed E-state index contributed by atoms with van der Waals surface area (Å²) in [6.07, 6.45) is 3.65. The summed E-state index contributed by atoms with van der Waals surface area (Å²) < 4.78 is 1.80. The number of nitrogens with zero attached hydrogens (tertiary/aromatic N) is 3. The van der Waals surface area contributed by atoms with Gasteiger partial charge in [0.25, 0.3) is 0 Å². The Hall–Kier alpha value is -1.52. The Morgan fingerprint density at radius 2 is 1.93 bits per heavy atom. The summed E-state index contributed by atoms with van der Waals surface area (Å²) in [5.41, 5.74) is 3.61. The minimum atomic E-state index is 0.0740. The van der Waals surface area contributed by atoms with Crippen LogP contribution in [0.3, 0.4) is 0 Å². The van der Waals surface area contributed by atoms with Crippen LogP contribution >= 0.6 is 35.0 Å². The normalized spacial score (nSPS) is 11.8. The Kier molecular flexibility index (Phi) is 6.82. The summed E-state index contributed by atoms with van der Waals surface area (Å²) in [5.74, 6) is 0.489. The molecule has 1 N–H and O–H groups in total. The molecule has 4 nitrogen and oxygen atoms in total. The van der Waals surface area contributed by atoms with Gasteiger partial charge in [-0.15, -0.1) is 0 Å². The molecule has 0 bridgehead atoms. The second-order valence-corrected chi connectivity index (χ2v) is 7.73. The van der Waals surface area contributed by atoms with E-state index >= 15 is 0 Å². The van der Waals surface area contributed by atoms with Crippen LogP contribution in [-0.2, 0) is 19.4 Å². The Labute approximate surface area is 182 Å². The molecule has 27 heavy (non-hydrogen) atoms. The molecule has 136 valence electrons. The summed E-state index contributed by atoms with van der Waals surface area (Å²) in [7, 11) is 0. The zero-order valence-electron chi connectivity index (χ0n) is 14.1. The standard InChI is InChI=1S/C19H13Cl2N4S.W/c1-11(20)15(12(2)21)18-24-16(13-7-5-4-6-8-13)17(25-18)14-9-10-22-19(23-14)26-3;/h1-2,4-10H,3H3,(H,24,25);/q-1;/b15-11-;. The maximum absolute atomic E-state index is 6.33. The topological polar surface area (TPSA) is 54.5 Å². The van der Waals surface area contributed by atoms with Crippen molar-refractivity contribution in [2.45, 2.75) is 5.16 Å². The average molecular weight is 584 g/mol. The van der Waals surface area contributed by atoms with Crippen LogP contribution in [0, 0.1) is 6.58 Å². The van der Waals surface area contributed by atoms with Gasteiger partial charge in [0.1, 0.15) is 0 Å². The molecule has 0 saturated heterocycles. The summed E-state index contributed by atoms with van der Waals surface area (Å²) in [4.78, 5) is 16.9. The third kappa shape index (κ3) is 4.49. The van der Waals surface area contributed by atoms with E-state index in [0.717, 1.165) is 22.6 Å². The third-order valence-electron chi connectivity index (χ3n) is 3.64. The molecule has 0 atom stereocenters. The van der Waals surface area contributed by atoms with Crippen molar-refractivity contribution in [3.63, 3.8) is 0 Å². The second-order valence-electron chi connectivity index (χ2n) is 5.29. The monoisotopic (exact) mass is 583 g/mol. The Balaban J connectivity index is 2.27. The van der Waals surface area contributed by atoms with Crippen LogP contribution in [0.1, 0.15) is 5.82 Å². The fourth-order valence-electron chi connectivity index (χ4n) is 2.46. The predicted molar refractivity (Wildman–Crippen MR) is 109 cm³/mol. The molecular weight excluding hydrogens is 571 g/mol. The van der Waals surface area contributed by atoms with E-state index in [1.165, 1.54) is 31.1 Å². The van der Waals surface area contributed by atoms with Gasteiger partial charge in [-0.05, 0) is 0 Å². The van der Waals surface area contributed by atoms with Crippen molar-refractivity contribution in [2.24, 2.45) is 0 Å². The van der Waals surface area contributed by atoms with Crippen LogP contribution in [0.15, 0.2) is 57.8 Å². The van der Waals surface area contributed by atoms with E-state index in [4.69, 9.17) is 34.8 Å². The molecule has 0 amide bonds. The third-order valence-corrected chi connectivity index (χ3v) is 6.05. The summed E-state index contributed by atoms with van der Waals surface area (Å²) in [6.45, 7) is 5.87. The van der Waals surface area contributed by atoms with Crippen molar-refractivity contribution >= 4 is 44.9 Å². The average Bonchev–Trinajstić information content (AvgIpc) is 3.13. The van der Waals surface area contributed by atoms with Gasteiger partial charge < -0.3 is 0 Å². The molecule has 0 aliphatic carbocycles. The first-order valence-corrected chi connectivity index (χ1v) is 11.4. The van der Waals surface area contributed by atoms with E-state index < -0.39 is 0 Å². The number of allylic oxidation sites excluding steroid dienone is 3. The number of rotatable bonds is 6. The number of halogens is 2. The zero-order chi connectivity index (χ0) is 19.4. The molecule has 3 aromatic rings. The van der Waals surface area contributed by atoms with Crippen molar-refractivity contribution in [2.75, 3.05) is 6.26 Å². The Morgan fingerprint density at radius 1 is 1.19 bits per heavy atom. The van der Waals surface area contributed by atoms with E-state index in [1.54, 1.807) is 10.6 Å².